The molecule has 0 bridgehead atoms. The minimum atomic E-state index is -5.79. The summed E-state index contributed by atoms with van der Waals surface area (Å²) < 4.78 is 56.0. The van der Waals surface area contributed by atoms with Crippen molar-refractivity contribution in [1.82, 2.24) is 24.4 Å². The number of imidazole rings is 1. The van der Waals surface area contributed by atoms with Crippen molar-refractivity contribution >= 4 is 52.1 Å². The second-order valence-electron chi connectivity index (χ2n) is 8.15. The van der Waals surface area contributed by atoms with E-state index in [1.807, 2.05) is 0 Å². The number of nitrogens with zero attached hydrogens (tertiary/aromatic N) is 3. The zero-order chi connectivity index (χ0) is 30.3. The summed E-state index contributed by atoms with van der Waals surface area (Å²) in [6.45, 7) is 0. The van der Waals surface area contributed by atoms with Crippen molar-refractivity contribution in [3.8, 4) is 0 Å². The van der Waals surface area contributed by atoms with E-state index in [9.17, 15) is 38.2 Å². The Morgan fingerprint density at radius 1 is 1.20 bits per heavy atom. The molecule has 24 heteroatoms. The van der Waals surface area contributed by atoms with E-state index in [0.29, 0.717) is 5.69 Å². The van der Waals surface area contributed by atoms with Gasteiger partial charge in [-0.3, -0.25) is 18.9 Å². The van der Waals surface area contributed by atoms with Crippen LogP contribution in [0.2, 0.25) is 0 Å². The minimum absolute atomic E-state index is 0.0485. The highest BCUT2D eigenvalue weighted by Crippen LogP contribution is 2.62. The topological polar surface area (TPSA) is 320 Å². The number of aromatic amines is 1. The Balaban J connectivity index is 1.69. The molecule has 1 aliphatic heterocycles. The van der Waals surface area contributed by atoms with Crippen LogP contribution in [0.25, 0.3) is 11.2 Å². The largest absolute Gasteiger partial charge is 0.482 e. The van der Waals surface area contributed by atoms with Gasteiger partial charge >= 0.3 is 29.3 Å². The van der Waals surface area contributed by atoms with Crippen molar-refractivity contribution in [2.75, 3.05) is 18.1 Å². The first kappa shape index (κ1) is 30.9. The van der Waals surface area contributed by atoms with E-state index in [2.05, 4.69) is 24.6 Å². The molecule has 2 unspecified atom stereocenters. The zero-order valence-corrected chi connectivity index (χ0v) is 23.1. The molecule has 6 atom stereocenters. The average Bonchev–Trinajstić information content (AvgIpc) is 3.37. The van der Waals surface area contributed by atoms with Crippen LogP contribution >= 0.6 is 23.3 Å². The summed E-state index contributed by atoms with van der Waals surface area (Å²) in [6, 6.07) is 5.95. The quantitative estimate of drug-likeness (QED) is 0.0956. The fraction of sp³-hybridized carbons (Fsp3) is 0.294. The normalized spacial score (nSPS) is 24.0. The van der Waals surface area contributed by atoms with Crippen LogP contribution < -0.4 is 21.5 Å². The molecule has 1 aromatic carbocycles. The van der Waals surface area contributed by atoms with Crippen LogP contribution in [-0.4, -0.2) is 75.7 Å². The number of hydrogen-bond donors (Lipinski definition) is 9. The molecule has 1 fully saturated rings. The SMILES string of the molecule is CNc1ccccc1C(=O)O[C@@H]1[C@@H](OP(=O)(O)OP(=O)(O)NP(=O)(O)O)O[C@@H](n2cnc3c(=O)[nH]c(N)nc32)[C@@H]1O. The number of para-hydroxylation sites is 1. The van der Waals surface area contributed by atoms with E-state index in [-0.39, 0.29) is 22.7 Å². The first-order valence-electron chi connectivity index (χ1n) is 10.9. The van der Waals surface area contributed by atoms with Gasteiger partial charge in [-0.25, -0.2) is 23.5 Å². The van der Waals surface area contributed by atoms with E-state index in [1.54, 1.807) is 6.07 Å². The molecule has 0 spiro atoms. The summed E-state index contributed by atoms with van der Waals surface area (Å²) in [4.78, 5) is 73.3. The predicted octanol–water partition coefficient (Wildman–Crippen LogP) is -0.899. The number of ether oxygens (including phenoxy) is 2. The second kappa shape index (κ2) is 11.3. The van der Waals surface area contributed by atoms with Crippen molar-refractivity contribution < 1.29 is 61.5 Å². The molecular formula is C17H22N7O14P3. The Kier molecular flexibility index (Phi) is 8.55. The first-order valence-corrected chi connectivity index (χ1v) is 15.6. The maximum Gasteiger partial charge on any atom is 0.482 e. The number of hydrogen-bond acceptors (Lipinski definition) is 14. The van der Waals surface area contributed by atoms with Gasteiger partial charge in [0.1, 0.15) is 6.10 Å². The number of anilines is 2. The highest BCUT2D eigenvalue weighted by Gasteiger charge is 2.52. The zero-order valence-electron chi connectivity index (χ0n) is 20.4. The molecule has 0 saturated carbocycles. The van der Waals surface area contributed by atoms with Gasteiger partial charge in [0.15, 0.2) is 23.5 Å². The van der Waals surface area contributed by atoms with Crippen LogP contribution in [0.5, 0.6) is 0 Å². The monoisotopic (exact) mass is 641 g/mol. The Hall–Kier alpha value is -3.03. The lowest BCUT2D eigenvalue weighted by atomic mass is 10.1. The number of carbonyl (C=O) groups is 1. The van der Waals surface area contributed by atoms with E-state index in [4.69, 9.17) is 29.5 Å². The molecule has 3 aromatic rings. The van der Waals surface area contributed by atoms with Crippen LogP contribution in [0.15, 0.2) is 35.4 Å². The van der Waals surface area contributed by atoms with Crippen molar-refractivity contribution in [3.63, 3.8) is 0 Å². The Morgan fingerprint density at radius 3 is 2.54 bits per heavy atom. The number of aromatic nitrogens is 4. The smallest absolute Gasteiger partial charge is 0.450 e. The predicted molar refractivity (Wildman–Crippen MR) is 135 cm³/mol. The summed E-state index contributed by atoms with van der Waals surface area (Å²) >= 11 is 0. The highest BCUT2D eigenvalue weighted by atomic mass is 31.3. The van der Waals surface area contributed by atoms with Crippen LogP contribution in [-0.2, 0) is 32.0 Å². The maximum atomic E-state index is 13.0. The van der Waals surface area contributed by atoms with Gasteiger partial charge in [0.05, 0.1) is 11.9 Å². The lowest BCUT2D eigenvalue weighted by Gasteiger charge is -2.23. The van der Waals surface area contributed by atoms with Crippen LogP contribution in [0.3, 0.4) is 0 Å². The van der Waals surface area contributed by atoms with Gasteiger partial charge in [-0.05, 0) is 12.1 Å². The van der Waals surface area contributed by atoms with Gasteiger partial charge < -0.3 is 45.2 Å². The molecule has 224 valence electrons. The molecule has 41 heavy (non-hydrogen) atoms. The number of aliphatic hydroxyl groups is 1. The number of phosphoric acid groups is 1. The maximum absolute atomic E-state index is 13.0. The fourth-order valence-electron chi connectivity index (χ4n) is 3.73. The average molecular weight is 641 g/mol. The molecule has 10 N–H and O–H groups in total. The third-order valence-electron chi connectivity index (χ3n) is 5.26. The lowest BCUT2D eigenvalue weighted by Crippen LogP contribution is -2.37. The Morgan fingerprint density at radius 2 is 1.88 bits per heavy atom. The second-order valence-corrected chi connectivity index (χ2v) is 12.9. The number of aliphatic hydroxyl groups excluding tert-OH is 1. The Labute approximate surface area is 227 Å². The van der Waals surface area contributed by atoms with E-state index in [0.717, 1.165) is 15.8 Å². The van der Waals surface area contributed by atoms with Crippen LogP contribution in [0, 0.1) is 0 Å². The summed E-state index contributed by atoms with van der Waals surface area (Å²) in [5.74, 6) is -1.43. The molecule has 1 saturated heterocycles. The number of nitrogens with one attached hydrogen (secondary N) is 3. The first-order chi connectivity index (χ1) is 19.0. The van der Waals surface area contributed by atoms with Gasteiger partial charge in [-0.1, -0.05) is 12.1 Å². The van der Waals surface area contributed by atoms with E-state index in [1.165, 1.54) is 25.2 Å². The Bertz CT molecular complexity index is 1670. The van der Waals surface area contributed by atoms with E-state index >= 15 is 0 Å². The third kappa shape index (κ3) is 7.07. The number of carbonyl (C=O) groups excluding carboxylic acids is 1. The fourth-order valence-corrected chi connectivity index (χ4v) is 7.22. The molecule has 4 rings (SSSR count). The van der Waals surface area contributed by atoms with Crippen molar-refractivity contribution in [2.45, 2.75) is 24.7 Å². The van der Waals surface area contributed by atoms with E-state index < -0.39 is 59.6 Å². The van der Waals surface area contributed by atoms with Gasteiger partial charge in [-0.15, -0.1) is 4.86 Å². The molecule has 0 amide bonds. The minimum Gasteiger partial charge on any atom is -0.450 e. The number of nitrogen functional groups attached to an aromatic ring is 1. The molecule has 3 heterocycles. The number of esters is 1. The molecule has 0 radical (unpaired) electrons. The summed E-state index contributed by atoms with van der Waals surface area (Å²) in [5.41, 5.74) is 4.58. The lowest BCUT2D eigenvalue weighted by molar-refractivity contribution is -0.135. The summed E-state index contributed by atoms with van der Waals surface area (Å²) in [5, 5.41) is 13.8. The number of benzene rings is 1. The van der Waals surface area contributed by atoms with Crippen molar-refractivity contribution in [3.05, 3.63) is 46.5 Å². The molecule has 1 aliphatic rings. The van der Waals surface area contributed by atoms with Gasteiger partial charge in [0, 0.05) is 12.7 Å². The van der Waals surface area contributed by atoms with Gasteiger partial charge in [-0.2, -0.15) is 9.29 Å². The van der Waals surface area contributed by atoms with Crippen molar-refractivity contribution in [1.29, 1.82) is 0 Å². The number of phosphoric ester groups is 1. The van der Waals surface area contributed by atoms with Gasteiger partial charge in [0.25, 0.3) is 5.56 Å². The van der Waals surface area contributed by atoms with Gasteiger partial charge in [0.2, 0.25) is 12.2 Å². The summed E-state index contributed by atoms with van der Waals surface area (Å²) in [6.07, 6.45) is -6.85. The number of rotatable bonds is 10. The van der Waals surface area contributed by atoms with Crippen LogP contribution in [0.4, 0.5) is 11.6 Å². The standard InChI is InChI=1S/C17H22N7O14P3/c1-19-8-5-3-2-4-7(8)15(27)35-11-10(25)14(24-6-20-9-12(24)21-17(18)22-13(9)26)36-16(11)37-41(33,34)38-40(31,32)23-39(28,29)30/h2-6,10-11,14,16,19,25H,1H3,(H,33,34)(H3,18,21,22,26)(H4,23,28,29,30,31,32)/t10-,11+,14-,16-/m1/s1. The number of nitrogens with two attached hydrogens (primary N) is 1. The molecule has 0 aliphatic carbocycles. The number of fused-ring (bicyclic) bond motifs is 1. The molecule has 21 nitrogen and oxygen atoms in total. The summed E-state index contributed by atoms with van der Waals surface area (Å²) in [7, 11) is -15.4. The van der Waals surface area contributed by atoms with Crippen LogP contribution in [0.1, 0.15) is 16.6 Å². The molecular weight excluding hydrogens is 619 g/mol. The highest BCUT2D eigenvalue weighted by molar-refractivity contribution is 7.70. The number of H-pyrrole nitrogens is 1. The third-order valence-corrected chi connectivity index (χ3v) is 9.50. The van der Waals surface area contributed by atoms with Crippen molar-refractivity contribution in [2.24, 2.45) is 0 Å². The molecule has 2 aromatic heterocycles.